The van der Waals surface area contributed by atoms with Gasteiger partial charge in [0.05, 0.1) is 11.7 Å². The molecule has 7 heteroatoms. The van der Waals surface area contributed by atoms with Crippen molar-refractivity contribution in [3.63, 3.8) is 0 Å². The Morgan fingerprint density at radius 2 is 1.79 bits per heavy atom. The minimum Gasteiger partial charge on any atom is -0.459 e. The standard InChI is InChI=1S/C27H25ClN4OS/c1-17-20(7-6-8-21(17)28)23-14-15-24(33-23)26-25(22-9-4-5-16-29-22)30-27(34)32(26)19-12-10-18(11-13-19)31(2)3/h4-16,25-26H,1-3H3,(H,30,34)/t25-,26+/m0/s1. The van der Waals surface area contributed by atoms with Crippen LogP contribution in [0.15, 0.2) is 83.4 Å². The van der Waals surface area contributed by atoms with Gasteiger partial charge in [-0.1, -0.05) is 29.8 Å². The molecule has 0 bridgehead atoms. The summed E-state index contributed by atoms with van der Waals surface area (Å²) in [5.74, 6) is 1.57. The topological polar surface area (TPSA) is 44.5 Å². The minimum atomic E-state index is -0.208. The normalized spacial score (nSPS) is 17.6. The van der Waals surface area contributed by atoms with Gasteiger partial charge in [0.1, 0.15) is 17.6 Å². The summed E-state index contributed by atoms with van der Waals surface area (Å²) in [6.07, 6.45) is 1.80. The van der Waals surface area contributed by atoms with Gasteiger partial charge in [0.25, 0.3) is 0 Å². The third-order valence-corrected chi connectivity index (χ3v) is 6.92. The summed E-state index contributed by atoms with van der Waals surface area (Å²) in [5.41, 5.74) is 4.98. The van der Waals surface area contributed by atoms with Crippen molar-refractivity contribution in [1.29, 1.82) is 0 Å². The van der Waals surface area contributed by atoms with Crippen molar-refractivity contribution in [1.82, 2.24) is 10.3 Å². The highest BCUT2D eigenvalue weighted by Crippen LogP contribution is 2.43. The number of pyridine rings is 1. The molecule has 0 aliphatic carbocycles. The molecule has 5 rings (SSSR count). The van der Waals surface area contributed by atoms with Crippen LogP contribution in [0.25, 0.3) is 11.3 Å². The van der Waals surface area contributed by atoms with Crippen molar-refractivity contribution in [3.05, 3.63) is 101 Å². The number of hydrogen-bond donors (Lipinski definition) is 1. The van der Waals surface area contributed by atoms with Crippen molar-refractivity contribution >= 4 is 40.3 Å². The number of thiocarbonyl (C=S) groups is 1. The first-order valence-corrected chi connectivity index (χ1v) is 11.9. The fraction of sp³-hybridized carbons (Fsp3) is 0.185. The Balaban J connectivity index is 1.59. The second-order valence-electron chi connectivity index (χ2n) is 8.52. The van der Waals surface area contributed by atoms with Crippen LogP contribution in [-0.4, -0.2) is 24.2 Å². The molecule has 2 atom stereocenters. The van der Waals surface area contributed by atoms with Crippen LogP contribution in [0.1, 0.15) is 29.1 Å². The summed E-state index contributed by atoms with van der Waals surface area (Å²) in [5, 5.41) is 4.83. The smallest absolute Gasteiger partial charge is 0.174 e. The summed E-state index contributed by atoms with van der Waals surface area (Å²) in [6.45, 7) is 2.00. The third kappa shape index (κ3) is 4.04. The Kier molecular flexibility index (Phi) is 6.02. The number of anilines is 2. The van der Waals surface area contributed by atoms with Gasteiger partial charge in [0, 0.05) is 42.3 Å². The molecule has 1 N–H and O–H groups in total. The van der Waals surface area contributed by atoms with Gasteiger partial charge in [-0.05, 0) is 79.3 Å². The molecule has 2 aromatic carbocycles. The Morgan fingerprint density at radius 3 is 2.50 bits per heavy atom. The fourth-order valence-corrected chi connectivity index (χ4v) is 4.88. The van der Waals surface area contributed by atoms with E-state index in [0.717, 1.165) is 39.7 Å². The summed E-state index contributed by atoms with van der Waals surface area (Å²) in [4.78, 5) is 8.80. The maximum absolute atomic E-state index is 6.47. The number of aromatic nitrogens is 1. The van der Waals surface area contributed by atoms with E-state index in [1.54, 1.807) is 6.20 Å². The maximum atomic E-state index is 6.47. The molecule has 172 valence electrons. The highest BCUT2D eigenvalue weighted by atomic mass is 35.5. The van der Waals surface area contributed by atoms with Crippen molar-refractivity contribution in [2.75, 3.05) is 23.9 Å². The second kappa shape index (κ2) is 9.12. The Bertz CT molecular complexity index is 1320. The molecule has 1 saturated heterocycles. The van der Waals surface area contributed by atoms with Crippen LogP contribution in [0.2, 0.25) is 5.02 Å². The quantitative estimate of drug-likeness (QED) is 0.321. The van der Waals surface area contributed by atoms with Gasteiger partial charge >= 0.3 is 0 Å². The summed E-state index contributed by atoms with van der Waals surface area (Å²) in [6, 6.07) is 23.8. The molecule has 1 fully saturated rings. The molecular weight excluding hydrogens is 464 g/mol. The lowest BCUT2D eigenvalue weighted by Crippen LogP contribution is -2.29. The van der Waals surface area contributed by atoms with Crippen molar-refractivity contribution in [2.24, 2.45) is 0 Å². The van der Waals surface area contributed by atoms with Crippen molar-refractivity contribution < 1.29 is 4.42 Å². The average Bonchev–Trinajstić information content (AvgIpc) is 3.46. The van der Waals surface area contributed by atoms with Crippen LogP contribution in [0, 0.1) is 6.92 Å². The average molecular weight is 489 g/mol. The van der Waals surface area contributed by atoms with E-state index in [1.165, 1.54) is 0 Å². The number of nitrogens with one attached hydrogen (secondary N) is 1. The minimum absolute atomic E-state index is 0.165. The van der Waals surface area contributed by atoms with Gasteiger partial charge in [-0.3, -0.25) is 4.98 Å². The molecule has 4 aromatic rings. The molecule has 1 aliphatic rings. The lowest BCUT2D eigenvalue weighted by molar-refractivity contribution is 0.439. The van der Waals surface area contributed by atoms with Gasteiger partial charge in [-0.2, -0.15) is 0 Å². The SMILES string of the molecule is Cc1c(Cl)cccc1-c1ccc([C@@H]2[C@H](c3ccccn3)NC(=S)N2c2ccc(N(C)C)cc2)o1. The molecule has 34 heavy (non-hydrogen) atoms. The van der Waals surface area contributed by atoms with Crippen LogP contribution >= 0.6 is 23.8 Å². The Hall–Kier alpha value is -3.35. The monoisotopic (exact) mass is 488 g/mol. The molecule has 0 amide bonds. The third-order valence-electron chi connectivity index (χ3n) is 6.19. The predicted octanol–water partition coefficient (Wildman–Crippen LogP) is 6.55. The molecule has 1 aliphatic heterocycles. The largest absolute Gasteiger partial charge is 0.459 e. The summed E-state index contributed by atoms with van der Waals surface area (Å²) in [7, 11) is 4.05. The molecule has 5 nitrogen and oxygen atoms in total. The van der Waals surface area contributed by atoms with E-state index in [0.29, 0.717) is 10.1 Å². The van der Waals surface area contributed by atoms with E-state index in [-0.39, 0.29) is 12.1 Å². The zero-order valence-electron chi connectivity index (χ0n) is 19.2. The van der Waals surface area contributed by atoms with E-state index in [2.05, 4.69) is 44.4 Å². The van der Waals surface area contributed by atoms with Crippen LogP contribution < -0.4 is 15.1 Å². The van der Waals surface area contributed by atoms with E-state index in [4.69, 9.17) is 28.2 Å². The summed E-state index contributed by atoms with van der Waals surface area (Å²) >= 11 is 12.2. The number of nitrogens with zero attached hydrogens (tertiary/aromatic N) is 3. The molecule has 2 aromatic heterocycles. The number of hydrogen-bond acceptors (Lipinski definition) is 4. The molecule has 0 unspecified atom stereocenters. The fourth-order valence-electron chi connectivity index (χ4n) is 4.36. The first kappa shape index (κ1) is 22.4. The molecule has 0 saturated carbocycles. The molecular formula is C27H25ClN4OS. The number of halogens is 1. The van der Waals surface area contributed by atoms with Crippen LogP contribution in [0.4, 0.5) is 11.4 Å². The van der Waals surface area contributed by atoms with E-state index in [9.17, 15) is 0 Å². The van der Waals surface area contributed by atoms with Crippen LogP contribution in [-0.2, 0) is 0 Å². The highest BCUT2D eigenvalue weighted by Gasteiger charge is 2.42. The van der Waals surface area contributed by atoms with E-state index in [1.807, 2.05) is 69.6 Å². The Morgan fingerprint density at radius 1 is 1.00 bits per heavy atom. The highest BCUT2D eigenvalue weighted by molar-refractivity contribution is 7.80. The number of furan rings is 1. The van der Waals surface area contributed by atoms with E-state index < -0.39 is 0 Å². The number of rotatable bonds is 5. The predicted molar refractivity (Wildman–Crippen MR) is 143 cm³/mol. The lowest BCUT2D eigenvalue weighted by atomic mass is 10.0. The number of benzene rings is 2. The first-order valence-electron chi connectivity index (χ1n) is 11.1. The van der Waals surface area contributed by atoms with Gasteiger partial charge in [0.15, 0.2) is 5.11 Å². The second-order valence-corrected chi connectivity index (χ2v) is 9.32. The zero-order valence-corrected chi connectivity index (χ0v) is 20.8. The summed E-state index contributed by atoms with van der Waals surface area (Å²) < 4.78 is 6.47. The first-order chi connectivity index (χ1) is 16.4. The van der Waals surface area contributed by atoms with Crippen molar-refractivity contribution in [3.8, 4) is 11.3 Å². The van der Waals surface area contributed by atoms with Gasteiger partial charge in [-0.15, -0.1) is 0 Å². The molecule has 3 heterocycles. The van der Waals surface area contributed by atoms with Crippen LogP contribution in [0.5, 0.6) is 0 Å². The van der Waals surface area contributed by atoms with Crippen molar-refractivity contribution in [2.45, 2.75) is 19.0 Å². The van der Waals surface area contributed by atoms with Gasteiger partial charge in [-0.25, -0.2) is 0 Å². The van der Waals surface area contributed by atoms with Crippen LogP contribution in [0.3, 0.4) is 0 Å². The van der Waals surface area contributed by atoms with E-state index >= 15 is 0 Å². The Labute approximate surface area is 210 Å². The lowest BCUT2D eigenvalue weighted by Gasteiger charge is -2.26. The molecule has 0 radical (unpaired) electrons. The molecule has 0 spiro atoms. The maximum Gasteiger partial charge on any atom is 0.174 e. The zero-order chi connectivity index (χ0) is 23.8. The van der Waals surface area contributed by atoms with Gasteiger partial charge < -0.3 is 19.5 Å². The van der Waals surface area contributed by atoms with Gasteiger partial charge in [0.2, 0.25) is 0 Å².